The molecule has 3 rings (SSSR count). The molecule has 0 radical (unpaired) electrons. The second-order valence-corrected chi connectivity index (χ2v) is 6.99. The molecular formula is C22H29F2IN4O2. The topological polar surface area (TPSA) is 58.1 Å². The van der Waals surface area contributed by atoms with Crippen molar-refractivity contribution in [1.29, 1.82) is 0 Å². The van der Waals surface area contributed by atoms with Gasteiger partial charge in [-0.1, -0.05) is 18.2 Å². The van der Waals surface area contributed by atoms with Crippen LogP contribution in [0.5, 0.6) is 11.5 Å². The maximum atomic E-state index is 14.1. The zero-order valence-corrected chi connectivity index (χ0v) is 20.3. The quantitative estimate of drug-likeness (QED) is 0.313. The van der Waals surface area contributed by atoms with Crippen molar-refractivity contribution in [3.05, 3.63) is 53.6 Å². The van der Waals surface area contributed by atoms with Gasteiger partial charge in [-0.15, -0.1) is 24.0 Å². The average Bonchev–Trinajstić information content (AvgIpc) is 3.19. The van der Waals surface area contributed by atoms with Crippen molar-refractivity contribution in [3.8, 4) is 11.5 Å². The molecule has 0 amide bonds. The van der Waals surface area contributed by atoms with Crippen molar-refractivity contribution >= 4 is 35.6 Å². The predicted octanol–water partition coefficient (Wildman–Crippen LogP) is 3.93. The number of benzene rings is 2. The SMILES string of the molecule is CCNC(=NCc1cccc(OC)c1OC)NC1CCN(c2c(F)cccc2F)C1.I. The normalized spacial score (nSPS) is 16.0. The summed E-state index contributed by atoms with van der Waals surface area (Å²) in [6.45, 7) is 4.13. The third-order valence-corrected chi connectivity index (χ3v) is 5.02. The molecule has 1 fully saturated rings. The number of aliphatic imine (C=N–C) groups is 1. The van der Waals surface area contributed by atoms with E-state index >= 15 is 0 Å². The monoisotopic (exact) mass is 546 g/mol. The Labute approximate surface area is 199 Å². The smallest absolute Gasteiger partial charge is 0.191 e. The van der Waals surface area contributed by atoms with Crippen LogP contribution in [-0.2, 0) is 6.54 Å². The van der Waals surface area contributed by atoms with Crippen LogP contribution in [0.1, 0.15) is 18.9 Å². The number of nitrogens with one attached hydrogen (secondary N) is 2. The Bertz CT molecular complexity index is 878. The van der Waals surface area contributed by atoms with E-state index in [-0.39, 0.29) is 35.7 Å². The fourth-order valence-corrected chi connectivity index (χ4v) is 3.63. The number of anilines is 1. The summed E-state index contributed by atoms with van der Waals surface area (Å²) in [5.74, 6) is 0.870. The highest BCUT2D eigenvalue weighted by Gasteiger charge is 2.27. The second kappa shape index (κ2) is 11.9. The molecule has 0 aromatic heterocycles. The zero-order chi connectivity index (χ0) is 21.5. The lowest BCUT2D eigenvalue weighted by molar-refractivity contribution is 0.352. The van der Waals surface area contributed by atoms with Crippen LogP contribution >= 0.6 is 24.0 Å². The Hall–Kier alpha value is -2.30. The van der Waals surface area contributed by atoms with E-state index in [1.165, 1.54) is 18.2 Å². The van der Waals surface area contributed by atoms with Crippen LogP contribution in [0.3, 0.4) is 0 Å². The molecule has 1 unspecified atom stereocenters. The number of nitrogens with zero attached hydrogens (tertiary/aromatic N) is 2. The highest BCUT2D eigenvalue weighted by Crippen LogP contribution is 2.31. The molecule has 2 N–H and O–H groups in total. The summed E-state index contributed by atoms with van der Waals surface area (Å²) in [5.41, 5.74) is 0.931. The lowest BCUT2D eigenvalue weighted by atomic mass is 10.2. The Morgan fingerprint density at radius 1 is 1.13 bits per heavy atom. The predicted molar refractivity (Wildman–Crippen MR) is 130 cm³/mol. The summed E-state index contributed by atoms with van der Waals surface area (Å²) in [6.07, 6.45) is 0.751. The van der Waals surface area contributed by atoms with Gasteiger partial charge in [0.1, 0.15) is 17.3 Å². The van der Waals surface area contributed by atoms with Crippen molar-refractivity contribution in [1.82, 2.24) is 10.6 Å². The number of para-hydroxylation sites is 2. The molecule has 1 aliphatic heterocycles. The fraction of sp³-hybridized carbons (Fsp3) is 0.409. The third-order valence-electron chi connectivity index (χ3n) is 5.02. The minimum absolute atomic E-state index is 0. The van der Waals surface area contributed by atoms with Gasteiger partial charge in [-0.2, -0.15) is 0 Å². The van der Waals surface area contributed by atoms with Gasteiger partial charge in [0.15, 0.2) is 17.5 Å². The van der Waals surface area contributed by atoms with E-state index in [9.17, 15) is 8.78 Å². The Balaban J connectivity index is 0.00000341. The van der Waals surface area contributed by atoms with E-state index in [4.69, 9.17) is 9.47 Å². The van der Waals surface area contributed by atoms with E-state index in [1.807, 2.05) is 25.1 Å². The van der Waals surface area contributed by atoms with Gasteiger partial charge in [0.05, 0.1) is 20.8 Å². The third kappa shape index (κ3) is 6.11. The van der Waals surface area contributed by atoms with E-state index in [1.54, 1.807) is 19.1 Å². The average molecular weight is 546 g/mol. The summed E-state index contributed by atoms with van der Waals surface area (Å²) in [6, 6.07) is 9.64. The summed E-state index contributed by atoms with van der Waals surface area (Å²) in [5, 5.41) is 6.60. The van der Waals surface area contributed by atoms with Crippen LogP contribution in [0.15, 0.2) is 41.4 Å². The van der Waals surface area contributed by atoms with Gasteiger partial charge in [-0.05, 0) is 31.5 Å². The number of guanidine groups is 1. The summed E-state index contributed by atoms with van der Waals surface area (Å²) < 4.78 is 39.0. The number of hydrogen-bond acceptors (Lipinski definition) is 4. The number of methoxy groups -OCH3 is 2. The van der Waals surface area contributed by atoms with E-state index in [0.29, 0.717) is 43.6 Å². The van der Waals surface area contributed by atoms with Crippen molar-refractivity contribution in [2.24, 2.45) is 4.99 Å². The van der Waals surface area contributed by atoms with Gasteiger partial charge in [0.2, 0.25) is 0 Å². The first-order valence-electron chi connectivity index (χ1n) is 10.0. The van der Waals surface area contributed by atoms with Crippen LogP contribution in [0.2, 0.25) is 0 Å². The minimum atomic E-state index is -0.540. The van der Waals surface area contributed by atoms with Gasteiger partial charge in [0.25, 0.3) is 0 Å². The lowest BCUT2D eigenvalue weighted by Gasteiger charge is -2.21. The molecule has 2 aromatic carbocycles. The van der Waals surface area contributed by atoms with Crippen LogP contribution < -0.4 is 25.0 Å². The second-order valence-electron chi connectivity index (χ2n) is 6.99. The molecule has 1 aliphatic rings. The molecule has 1 heterocycles. The Morgan fingerprint density at radius 2 is 1.84 bits per heavy atom. The first kappa shape index (κ1) is 25.0. The van der Waals surface area contributed by atoms with Crippen molar-refractivity contribution in [2.45, 2.75) is 25.9 Å². The summed E-state index contributed by atoms with van der Waals surface area (Å²) >= 11 is 0. The number of rotatable bonds is 7. The molecule has 170 valence electrons. The maximum absolute atomic E-state index is 14.1. The van der Waals surface area contributed by atoms with E-state index in [0.717, 1.165) is 12.0 Å². The standard InChI is InChI=1S/C22H28F2N4O2.HI/c1-4-25-22(26-13-15-7-5-10-19(29-2)21(15)30-3)27-16-11-12-28(14-16)20-17(23)8-6-9-18(20)24;/h5-10,16H,4,11-14H2,1-3H3,(H2,25,26,27);1H. The van der Waals surface area contributed by atoms with Crippen molar-refractivity contribution in [3.63, 3.8) is 0 Å². The largest absolute Gasteiger partial charge is 0.493 e. The van der Waals surface area contributed by atoms with Gasteiger partial charge in [-0.3, -0.25) is 0 Å². The van der Waals surface area contributed by atoms with Crippen molar-refractivity contribution < 1.29 is 18.3 Å². The maximum Gasteiger partial charge on any atom is 0.191 e. The molecular weight excluding hydrogens is 517 g/mol. The Morgan fingerprint density at radius 3 is 2.48 bits per heavy atom. The molecule has 9 heteroatoms. The van der Waals surface area contributed by atoms with Crippen LogP contribution in [0.25, 0.3) is 0 Å². The van der Waals surface area contributed by atoms with E-state index in [2.05, 4.69) is 15.6 Å². The number of ether oxygens (including phenoxy) is 2. The van der Waals surface area contributed by atoms with E-state index < -0.39 is 11.6 Å². The molecule has 2 aromatic rings. The van der Waals surface area contributed by atoms with Crippen LogP contribution in [-0.4, -0.2) is 45.9 Å². The molecule has 1 atom stereocenters. The van der Waals surface area contributed by atoms with Crippen molar-refractivity contribution in [2.75, 3.05) is 38.8 Å². The molecule has 0 spiro atoms. The molecule has 1 saturated heterocycles. The first-order valence-corrected chi connectivity index (χ1v) is 10.0. The summed E-state index contributed by atoms with van der Waals surface area (Å²) in [4.78, 5) is 6.39. The fourth-order valence-electron chi connectivity index (χ4n) is 3.63. The Kier molecular flexibility index (Phi) is 9.60. The van der Waals surface area contributed by atoms with Crippen LogP contribution in [0, 0.1) is 11.6 Å². The van der Waals surface area contributed by atoms with Crippen LogP contribution in [0.4, 0.5) is 14.5 Å². The highest BCUT2D eigenvalue weighted by molar-refractivity contribution is 14.0. The molecule has 0 bridgehead atoms. The van der Waals surface area contributed by atoms with Gasteiger partial charge in [-0.25, -0.2) is 13.8 Å². The molecule has 6 nitrogen and oxygen atoms in total. The summed E-state index contributed by atoms with van der Waals surface area (Å²) in [7, 11) is 3.20. The minimum Gasteiger partial charge on any atom is -0.493 e. The van der Waals surface area contributed by atoms with Gasteiger partial charge < -0.3 is 25.0 Å². The lowest BCUT2D eigenvalue weighted by Crippen LogP contribution is -2.44. The number of hydrogen-bond donors (Lipinski definition) is 2. The molecule has 0 saturated carbocycles. The number of halogens is 3. The first-order chi connectivity index (χ1) is 14.6. The highest BCUT2D eigenvalue weighted by atomic mass is 127. The molecule has 31 heavy (non-hydrogen) atoms. The van der Waals surface area contributed by atoms with Gasteiger partial charge in [0, 0.05) is 31.2 Å². The molecule has 0 aliphatic carbocycles. The zero-order valence-electron chi connectivity index (χ0n) is 18.0. The van der Waals surface area contributed by atoms with Gasteiger partial charge >= 0.3 is 0 Å².